The fourth-order valence-corrected chi connectivity index (χ4v) is 8.36. The van der Waals surface area contributed by atoms with Gasteiger partial charge in [-0.1, -0.05) is 18.2 Å². The maximum absolute atomic E-state index is 13.3. The predicted molar refractivity (Wildman–Crippen MR) is 99.4 cm³/mol. The monoisotopic (exact) mass is 366 g/mol. The van der Waals surface area contributed by atoms with Crippen molar-refractivity contribution in [3.8, 4) is 0 Å². The molecule has 0 saturated carbocycles. The molecule has 27 heavy (non-hydrogen) atoms. The third kappa shape index (κ3) is 1.43. The number of anilines is 1. The van der Waals surface area contributed by atoms with Gasteiger partial charge in [0.1, 0.15) is 5.72 Å². The van der Waals surface area contributed by atoms with Crippen LogP contribution in [0.4, 0.5) is 5.69 Å². The Balaban J connectivity index is 1.57. The van der Waals surface area contributed by atoms with Crippen molar-refractivity contribution in [2.75, 3.05) is 24.7 Å². The summed E-state index contributed by atoms with van der Waals surface area (Å²) in [7, 11) is 0. The lowest BCUT2D eigenvalue weighted by atomic mass is 9.55. The van der Waals surface area contributed by atoms with Gasteiger partial charge in [0, 0.05) is 37.4 Å². The standard InChI is InChI=1S/C22H26N2O3/c1-2-27-22-12-13-15-7-10-26-17-11-18(25)24-16-6-4-3-5-14(16)21(22,8-9-23(15)22)20(24)19(13)17/h3-6,13,15,17,19-20H,2,7-12H2,1H3. The zero-order valence-corrected chi connectivity index (χ0v) is 15.8. The summed E-state index contributed by atoms with van der Waals surface area (Å²) < 4.78 is 13.1. The van der Waals surface area contributed by atoms with E-state index in [0.29, 0.717) is 24.3 Å². The van der Waals surface area contributed by atoms with Crippen molar-refractivity contribution in [3.63, 3.8) is 0 Å². The molecule has 1 aromatic rings. The van der Waals surface area contributed by atoms with E-state index in [4.69, 9.17) is 9.47 Å². The molecule has 5 fully saturated rings. The summed E-state index contributed by atoms with van der Waals surface area (Å²) in [6.07, 6.45) is 3.88. The molecule has 5 nitrogen and oxygen atoms in total. The fraction of sp³-hybridized carbons (Fsp3) is 0.682. The van der Waals surface area contributed by atoms with Gasteiger partial charge >= 0.3 is 0 Å². The summed E-state index contributed by atoms with van der Waals surface area (Å²) >= 11 is 0. The minimum absolute atomic E-state index is 0.0834. The summed E-state index contributed by atoms with van der Waals surface area (Å²) in [5.74, 6) is 1.25. The van der Waals surface area contributed by atoms with Crippen LogP contribution in [0.25, 0.3) is 0 Å². The number of fused-ring (bicyclic) bond motifs is 2. The van der Waals surface area contributed by atoms with Crippen LogP contribution >= 0.6 is 0 Å². The van der Waals surface area contributed by atoms with Gasteiger partial charge in [0.2, 0.25) is 5.91 Å². The molecule has 1 amide bonds. The molecule has 1 spiro atoms. The second-order valence-electron chi connectivity index (χ2n) is 9.27. The Morgan fingerprint density at radius 3 is 3.11 bits per heavy atom. The highest BCUT2D eigenvalue weighted by atomic mass is 16.5. The highest BCUT2D eigenvalue weighted by Gasteiger charge is 2.80. The largest absolute Gasteiger partial charge is 0.377 e. The molecule has 0 radical (unpaired) electrons. The van der Waals surface area contributed by atoms with Gasteiger partial charge in [-0.05, 0) is 43.7 Å². The molecule has 6 aliphatic heterocycles. The number of carbonyl (C=O) groups is 1. The van der Waals surface area contributed by atoms with E-state index >= 15 is 0 Å². The van der Waals surface area contributed by atoms with Gasteiger partial charge in [-0.25, -0.2) is 0 Å². The van der Waals surface area contributed by atoms with E-state index in [0.717, 1.165) is 44.7 Å². The van der Waals surface area contributed by atoms with Crippen LogP contribution in [0.15, 0.2) is 24.3 Å². The molecule has 0 N–H and O–H groups in total. The van der Waals surface area contributed by atoms with E-state index in [1.807, 2.05) is 0 Å². The smallest absolute Gasteiger partial charge is 0.229 e. The van der Waals surface area contributed by atoms with Crippen molar-refractivity contribution in [1.29, 1.82) is 0 Å². The van der Waals surface area contributed by atoms with E-state index < -0.39 is 0 Å². The van der Waals surface area contributed by atoms with Gasteiger partial charge in [0.25, 0.3) is 0 Å². The Morgan fingerprint density at radius 2 is 2.22 bits per heavy atom. The lowest BCUT2D eigenvalue weighted by molar-refractivity contribution is -0.184. The molecule has 8 atom stereocenters. The van der Waals surface area contributed by atoms with Crippen LogP contribution in [0.3, 0.4) is 0 Å². The molecule has 1 aromatic carbocycles. The third-order valence-corrected chi connectivity index (χ3v) is 8.80. The molecule has 5 saturated heterocycles. The van der Waals surface area contributed by atoms with Crippen molar-refractivity contribution in [2.24, 2.45) is 11.8 Å². The first kappa shape index (κ1) is 15.5. The van der Waals surface area contributed by atoms with E-state index in [1.165, 1.54) is 5.56 Å². The van der Waals surface area contributed by atoms with Crippen LogP contribution in [-0.2, 0) is 19.7 Å². The number of hydrogen-bond acceptors (Lipinski definition) is 4. The van der Waals surface area contributed by atoms with Crippen molar-refractivity contribution < 1.29 is 14.3 Å². The van der Waals surface area contributed by atoms with Crippen molar-refractivity contribution in [3.05, 3.63) is 29.8 Å². The van der Waals surface area contributed by atoms with Gasteiger partial charge in [-0.2, -0.15) is 0 Å². The molecule has 0 aliphatic carbocycles. The van der Waals surface area contributed by atoms with Crippen LogP contribution in [-0.4, -0.2) is 54.5 Å². The number of rotatable bonds is 2. The summed E-state index contributed by atoms with van der Waals surface area (Å²) in [5, 5.41) is 0. The lowest BCUT2D eigenvalue weighted by Crippen LogP contribution is -2.70. The van der Waals surface area contributed by atoms with E-state index in [2.05, 4.69) is 41.0 Å². The topological polar surface area (TPSA) is 42.0 Å². The minimum atomic E-state index is -0.247. The molecule has 5 heteroatoms. The SMILES string of the molecule is CCOC12CC3C4C5CC(=O)N6c7ccccc7C1(CCN2C3CCO5)C46. The molecule has 6 bridgehead atoms. The maximum atomic E-state index is 13.3. The number of amides is 1. The minimum Gasteiger partial charge on any atom is -0.377 e. The van der Waals surface area contributed by atoms with Crippen molar-refractivity contribution in [2.45, 2.75) is 61.9 Å². The Labute approximate surface area is 159 Å². The predicted octanol–water partition coefficient (Wildman–Crippen LogP) is 2.29. The molecule has 6 heterocycles. The number of nitrogens with zero attached hydrogens (tertiary/aromatic N) is 2. The van der Waals surface area contributed by atoms with Gasteiger partial charge < -0.3 is 14.4 Å². The number of benzene rings is 1. The molecule has 142 valence electrons. The summed E-state index contributed by atoms with van der Waals surface area (Å²) in [6.45, 7) is 4.71. The van der Waals surface area contributed by atoms with Crippen LogP contribution in [0.1, 0.15) is 38.2 Å². The van der Waals surface area contributed by atoms with E-state index in [1.54, 1.807) is 0 Å². The van der Waals surface area contributed by atoms with Crippen LogP contribution in [0.5, 0.6) is 0 Å². The van der Waals surface area contributed by atoms with Gasteiger partial charge in [-0.3, -0.25) is 9.69 Å². The zero-order chi connectivity index (χ0) is 18.0. The second kappa shape index (κ2) is 4.76. The fourth-order valence-electron chi connectivity index (χ4n) is 8.36. The van der Waals surface area contributed by atoms with Gasteiger partial charge in [0.15, 0.2) is 0 Å². The Kier molecular flexibility index (Phi) is 2.73. The highest BCUT2D eigenvalue weighted by Crippen LogP contribution is 2.72. The second-order valence-corrected chi connectivity index (χ2v) is 9.27. The molecular formula is C22H26N2O3. The van der Waals surface area contributed by atoms with Gasteiger partial charge in [-0.15, -0.1) is 0 Å². The summed E-state index contributed by atoms with van der Waals surface area (Å²) in [5.41, 5.74) is 2.14. The maximum Gasteiger partial charge on any atom is 0.229 e. The average Bonchev–Trinajstić information content (AvgIpc) is 3.20. The zero-order valence-electron chi connectivity index (χ0n) is 15.8. The first-order valence-electron chi connectivity index (χ1n) is 10.7. The molecule has 8 unspecified atom stereocenters. The average molecular weight is 366 g/mol. The van der Waals surface area contributed by atoms with Crippen LogP contribution in [0, 0.1) is 11.8 Å². The van der Waals surface area contributed by atoms with Crippen LogP contribution < -0.4 is 4.90 Å². The number of ether oxygens (including phenoxy) is 2. The van der Waals surface area contributed by atoms with Crippen molar-refractivity contribution >= 4 is 11.6 Å². The summed E-state index contributed by atoms with van der Waals surface area (Å²) in [4.78, 5) is 18.2. The first-order valence-corrected chi connectivity index (χ1v) is 10.7. The summed E-state index contributed by atoms with van der Waals surface area (Å²) in [6, 6.07) is 9.39. The molecular weight excluding hydrogens is 340 g/mol. The Hall–Kier alpha value is -1.43. The Morgan fingerprint density at radius 1 is 1.33 bits per heavy atom. The van der Waals surface area contributed by atoms with Crippen molar-refractivity contribution in [1.82, 2.24) is 4.90 Å². The number of carbonyl (C=O) groups excluding carboxylic acids is 1. The number of hydrogen-bond donors (Lipinski definition) is 0. The quantitative estimate of drug-likeness (QED) is 0.805. The van der Waals surface area contributed by atoms with Crippen LogP contribution in [0.2, 0.25) is 0 Å². The third-order valence-electron chi connectivity index (χ3n) is 8.80. The van der Waals surface area contributed by atoms with Gasteiger partial charge in [0.05, 0.1) is 24.0 Å². The Bertz CT molecular complexity index is 858. The molecule has 6 aliphatic rings. The first-order chi connectivity index (χ1) is 13.2. The highest BCUT2D eigenvalue weighted by molar-refractivity contribution is 5.99. The van der Waals surface area contributed by atoms with E-state index in [-0.39, 0.29) is 29.2 Å². The lowest BCUT2D eigenvalue weighted by Gasteiger charge is -2.57. The normalized spacial score (nSPS) is 50.7. The molecule has 7 rings (SSSR count). The molecule has 0 aromatic heterocycles. The number of para-hydroxylation sites is 1. The van der Waals surface area contributed by atoms with E-state index in [9.17, 15) is 4.79 Å². The number of piperidine rings is 1.